The Morgan fingerprint density at radius 2 is 2.04 bits per heavy atom. The zero-order valence-electron chi connectivity index (χ0n) is 15.4. The number of fused-ring (bicyclic) bond motifs is 1. The number of morpholine rings is 1. The van der Waals surface area contributed by atoms with Crippen molar-refractivity contribution in [1.82, 2.24) is 14.7 Å². The summed E-state index contributed by atoms with van der Waals surface area (Å²) in [6, 6.07) is 12.7. The number of benzene rings is 2. The molecule has 1 aromatic heterocycles. The van der Waals surface area contributed by atoms with Gasteiger partial charge in [-0.25, -0.2) is 0 Å². The first-order valence-electron chi connectivity index (χ1n) is 9.18. The number of rotatable bonds is 5. The van der Waals surface area contributed by atoms with E-state index in [1.807, 2.05) is 16.9 Å². The van der Waals surface area contributed by atoms with Crippen molar-refractivity contribution in [3.05, 3.63) is 59.9 Å². The van der Waals surface area contributed by atoms with E-state index in [-0.39, 0.29) is 6.10 Å². The monoisotopic (exact) mass is 351 g/mol. The predicted molar refractivity (Wildman–Crippen MR) is 102 cm³/mol. The molecule has 1 fully saturated rings. The Labute approximate surface area is 154 Å². The highest BCUT2D eigenvalue weighted by Gasteiger charge is 2.22. The van der Waals surface area contributed by atoms with Crippen LogP contribution in [0.4, 0.5) is 0 Å². The Balaban J connectivity index is 1.49. The maximum Gasteiger partial charge on any atom is 0.119 e. The zero-order valence-corrected chi connectivity index (χ0v) is 15.4. The van der Waals surface area contributed by atoms with Crippen molar-refractivity contribution < 1.29 is 9.47 Å². The molecule has 2 heterocycles. The summed E-state index contributed by atoms with van der Waals surface area (Å²) in [4.78, 5) is 2.45. The van der Waals surface area contributed by atoms with Crippen molar-refractivity contribution in [3.8, 4) is 5.75 Å². The van der Waals surface area contributed by atoms with Crippen molar-refractivity contribution >= 4 is 10.8 Å². The summed E-state index contributed by atoms with van der Waals surface area (Å²) in [6.45, 7) is 6.56. The molecule has 0 bridgehead atoms. The molecule has 1 aliphatic rings. The smallest absolute Gasteiger partial charge is 0.119 e. The summed E-state index contributed by atoms with van der Waals surface area (Å²) in [5.74, 6) is 0.887. The molecule has 0 N–H and O–H groups in total. The van der Waals surface area contributed by atoms with Crippen molar-refractivity contribution in [1.29, 1.82) is 0 Å². The molecule has 0 unspecified atom stereocenters. The van der Waals surface area contributed by atoms with Gasteiger partial charge in [-0.3, -0.25) is 9.58 Å². The van der Waals surface area contributed by atoms with Crippen LogP contribution in [0.3, 0.4) is 0 Å². The summed E-state index contributed by atoms with van der Waals surface area (Å²) in [5.41, 5.74) is 2.50. The number of aromatic nitrogens is 2. The standard InChI is InChI=1S/C21H25N3O2/c1-3-24-14-16(12-22-24)13-23-8-9-26-21(15-23)19-5-4-18-11-20(25-2)7-6-17(18)10-19/h4-7,10-12,14,21H,3,8-9,13,15H2,1-2H3/t21-/m1/s1. The zero-order chi connectivity index (χ0) is 17.9. The molecule has 0 amide bonds. The van der Waals surface area contributed by atoms with E-state index in [0.717, 1.165) is 38.5 Å². The first kappa shape index (κ1) is 17.1. The summed E-state index contributed by atoms with van der Waals surface area (Å²) >= 11 is 0. The highest BCUT2D eigenvalue weighted by atomic mass is 16.5. The van der Waals surface area contributed by atoms with E-state index in [0.29, 0.717) is 0 Å². The average molecular weight is 351 g/mol. The van der Waals surface area contributed by atoms with Crippen LogP contribution < -0.4 is 4.74 Å². The first-order valence-corrected chi connectivity index (χ1v) is 9.18. The van der Waals surface area contributed by atoms with Gasteiger partial charge in [0.15, 0.2) is 0 Å². The van der Waals surface area contributed by atoms with Gasteiger partial charge in [-0.2, -0.15) is 5.10 Å². The fourth-order valence-corrected chi connectivity index (χ4v) is 3.54. The Kier molecular flexibility index (Phi) is 4.91. The Morgan fingerprint density at radius 3 is 2.85 bits per heavy atom. The molecule has 5 nitrogen and oxygen atoms in total. The molecular weight excluding hydrogens is 326 g/mol. The van der Waals surface area contributed by atoms with Crippen LogP contribution >= 0.6 is 0 Å². The minimum Gasteiger partial charge on any atom is -0.497 e. The summed E-state index contributed by atoms with van der Waals surface area (Å²) in [5, 5.41) is 6.78. The second-order valence-corrected chi connectivity index (χ2v) is 6.77. The molecule has 0 spiro atoms. The fourth-order valence-electron chi connectivity index (χ4n) is 3.54. The second-order valence-electron chi connectivity index (χ2n) is 6.77. The number of hydrogen-bond donors (Lipinski definition) is 0. The minimum atomic E-state index is 0.108. The van der Waals surface area contributed by atoms with Gasteiger partial charge in [-0.05, 0) is 41.5 Å². The molecule has 0 aliphatic carbocycles. The van der Waals surface area contributed by atoms with E-state index in [2.05, 4.69) is 53.5 Å². The Morgan fingerprint density at radius 1 is 1.19 bits per heavy atom. The van der Waals surface area contributed by atoms with Crippen molar-refractivity contribution in [2.24, 2.45) is 0 Å². The Hall–Kier alpha value is -2.37. The normalized spacial score (nSPS) is 18.3. The third kappa shape index (κ3) is 3.59. The predicted octanol–water partition coefficient (Wildman–Crippen LogP) is 3.64. The topological polar surface area (TPSA) is 39.5 Å². The maximum absolute atomic E-state index is 6.06. The van der Waals surface area contributed by atoms with Crippen molar-refractivity contribution in [2.75, 3.05) is 26.8 Å². The number of aryl methyl sites for hydroxylation is 1. The van der Waals surface area contributed by atoms with E-state index in [1.165, 1.54) is 21.9 Å². The quantitative estimate of drug-likeness (QED) is 0.704. The van der Waals surface area contributed by atoms with E-state index >= 15 is 0 Å². The number of ether oxygens (including phenoxy) is 2. The second kappa shape index (κ2) is 7.48. The molecule has 136 valence electrons. The Bertz CT molecular complexity index is 890. The van der Waals surface area contributed by atoms with Crippen LogP contribution in [-0.4, -0.2) is 41.5 Å². The van der Waals surface area contributed by atoms with Gasteiger partial charge < -0.3 is 9.47 Å². The molecular formula is C21H25N3O2. The van der Waals surface area contributed by atoms with Crippen LogP contribution in [0.25, 0.3) is 10.8 Å². The van der Waals surface area contributed by atoms with Gasteiger partial charge in [0.25, 0.3) is 0 Å². The van der Waals surface area contributed by atoms with Gasteiger partial charge in [0, 0.05) is 37.9 Å². The van der Waals surface area contributed by atoms with Gasteiger partial charge in [0.05, 0.1) is 26.0 Å². The first-order chi connectivity index (χ1) is 12.7. The van der Waals surface area contributed by atoms with Crippen LogP contribution in [0.15, 0.2) is 48.8 Å². The maximum atomic E-state index is 6.06. The summed E-state index contributed by atoms with van der Waals surface area (Å²) in [7, 11) is 1.70. The lowest BCUT2D eigenvalue weighted by Crippen LogP contribution is -2.37. The van der Waals surface area contributed by atoms with Crippen LogP contribution in [0.5, 0.6) is 5.75 Å². The molecule has 1 atom stereocenters. The highest BCUT2D eigenvalue weighted by Crippen LogP contribution is 2.28. The van der Waals surface area contributed by atoms with Gasteiger partial charge in [0.2, 0.25) is 0 Å². The third-order valence-corrected chi connectivity index (χ3v) is 5.01. The SMILES string of the molecule is CCn1cc(CN2CCO[C@@H](c3ccc4cc(OC)ccc4c3)C2)cn1. The largest absolute Gasteiger partial charge is 0.497 e. The molecule has 3 aromatic rings. The lowest BCUT2D eigenvalue weighted by atomic mass is 10.0. The summed E-state index contributed by atoms with van der Waals surface area (Å²) in [6.07, 6.45) is 4.21. The lowest BCUT2D eigenvalue weighted by molar-refractivity contribution is -0.0328. The molecule has 5 heteroatoms. The molecule has 4 rings (SSSR count). The van der Waals surface area contributed by atoms with Gasteiger partial charge in [0.1, 0.15) is 5.75 Å². The van der Waals surface area contributed by atoms with Crippen LogP contribution in [0.1, 0.15) is 24.2 Å². The van der Waals surface area contributed by atoms with Gasteiger partial charge in [-0.15, -0.1) is 0 Å². The minimum absolute atomic E-state index is 0.108. The molecule has 26 heavy (non-hydrogen) atoms. The van der Waals surface area contributed by atoms with E-state index in [4.69, 9.17) is 9.47 Å². The van der Waals surface area contributed by atoms with Crippen LogP contribution in [-0.2, 0) is 17.8 Å². The molecule has 0 saturated carbocycles. The molecule has 1 saturated heterocycles. The third-order valence-electron chi connectivity index (χ3n) is 5.01. The molecule has 0 radical (unpaired) electrons. The summed E-state index contributed by atoms with van der Waals surface area (Å²) < 4.78 is 13.4. The average Bonchev–Trinajstić information content (AvgIpc) is 3.15. The fraction of sp³-hybridized carbons (Fsp3) is 0.381. The van der Waals surface area contributed by atoms with Crippen molar-refractivity contribution in [2.45, 2.75) is 26.1 Å². The number of methoxy groups -OCH3 is 1. The van der Waals surface area contributed by atoms with Crippen molar-refractivity contribution in [3.63, 3.8) is 0 Å². The lowest BCUT2D eigenvalue weighted by Gasteiger charge is -2.33. The van der Waals surface area contributed by atoms with E-state index in [1.54, 1.807) is 7.11 Å². The number of nitrogens with zero attached hydrogens (tertiary/aromatic N) is 3. The van der Waals surface area contributed by atoms with E-state index in [9.17, 15) is 0 Å². The van der Waals surface area contributed by atoms with E-state index < -0.39 is 0 Å². The van der Waals surface area contributed by atoms with Gasteiger partial charge in [-0.1, -0.05) is 18.2 Å². The van der Waals surface area contributed by atoms with Crippen LogP contribution in [0, 0.1) is 0 Å². The molecule has 2 aromatic carbocycles. The highest BCUT2D eigenvalue weighted by molar-refractivity contribution is 5.84. The van der Waals surface area contributed by atoms with Gasteiger partial charge >= 0.3 is 0 Å². The van der Waals surface area contributed by atoms with Crippen LogP contribution in [0.2, 0.25) is 0 Å². The molecule has 1 aliphatic heterocycles. The number of hydrogen-bond acceptors (Lipinski definition) is 4.